The van der Waals surface area contributed by atoms with Gasteiger partial charge in [-0.2, -0.15) is 5.10 Å². The molecule has 0 saturated carbocycles. The average Bonchev–Trinajstić information content (AvgIpc) is 2.84. The number of carbonyl (C=O) groups is 1. The molecule has 5 nitrogen and oxygen atoms in total. The van der Waals surface area contributed by atoms with Crippen LogP contribution in [0.5, 0.6) is 0 Å². The summed E-state index contributed by atoms with van der Waals surface area (Å²) in [4.78, 5) is 12.5. The molecule has 24 heavy (non-hydrogen) atoms. The van der Waals surface area contributed by atoms with Crippen LogP contribution in [0, 0.1) is 25.7 Å². The molecule has 2 rings (SSSR count). The van der Waals surface area contributed by atoms with Gasteiger partial charge in [-0.3, -0.25) is 9.89 Å². The van der Waals surface area contributed by atoms with E-state index in [2.05, 4.69) is 27.4 Å². The minimum Gasteiger partial charge on any atom is -0.378 e. The second kappa shape index (κ2) is 6.90. The number of benzene rings is 1. The zero-order valence-electron chi connectivity index (χ0n) is 14.7. The predicted molar refractivity (Wildman–Crippen MR) is 93.6 cm³/mol. The summed E-state index contributed by atoms with van der Waals surface area (Å²) in [5, 5.41) is 19.7. The average molecular weight is 325 g/mol. The zero-order chi connectivity index (χ0) is 17.9. The Morgan fingerprint density at radius 1 is 1.38 bits per heavy atom. The molecule has 0 aliphatic carbocycles. The van der Waals surface area contributed by atoms with Gasteiger partial charge in [0.25, 0.3) is 5.91 Å². The van der Waals surface area contributed by atoms with E-state index in [1.54, 1.807) is 32.0 Å². The van der Waals surface area contributed by atoms with Crippen LogP contribution in [-0.2, 0) is 0 Å². The number of nitrogens with zero attached hydrogens (tertiary/aromatic N) is 1. The van der Waals surface area contributed by atoms with Gasteiger partial charge in [-0.1, -0.05) is 17.9 Å². The van der Waals surface area contributed by atoms with E-state index >= 15 is 0 Å². The maximum atomic E-state index is 12.5. The number of aromatic amines is 1. The number of hydrogen-bond acceptors (Lipinski definition) is 3. The SMILES string of the molecule is Cc1n[nH]c(C)c1[C@H](C)NC(=O)c1cccc(C#CC(C)(C)O)c1. The smallest absolute Gasteiger partial charge is 0.251 e. The lowest BCUT2D eigenvalue weighted by Crippen LogP contribution is -2.27. The van der Waals surface area contributed by atoms with Gasteiger partial charge >= 0.3 is 0 Å². The van der Waals surface area contributed by atoms with E-state index in [4.69, 9.17) is 0 Å². The Morgan fingerprint density at radius 2 is 2.08 bits per heavy atom. The first-order valence-corrected chi connectivity index (χ1v) is 7.85. The van der Waals surface area contributed by atoms with Crippen molar-refractivity contribution in [1.82, 2.24) is 15.5 Å². The van der Waals surface area contributed by atoms with Crippen molar-refractivity contribution in [3.8, 4) is 11.8 Å². The molecule has 1 heterocycles. The van der Waals surface area contributed by atoms with Gasteiger partial charge in [0.15, 0.2) is 0 Å². The number of aryl methyl sites for hydroxylation is 2. The molecule has 0 aliphatic rings. The van der Waals surface area contributed by atoms with Gasteiger partial charge in [-0.25, -0.2) is 0 Å². The third-order valence-electron chi connectivity index (χ3n) is 3.60. The van der Waals surface area contributed by atoms with Crippen molar-refractivity contribution in [2.24, 2.45) is 0 Å². The van der Waals surface area contributed by atoms with Crippen molar-refractivity contribution in [3.63, 3.8) is 0 Å². The molecule has 1 amide bonds. The van der Waals surface area contributed by atoms with Crippen molar-refractivity contribution >= 4 is 5.91 Å². The quantitative estimate of drug-likeness (QED) is 0.759. The van der Waals surface area contributed by atoms with E-state index in [1.807, 2.05) is 26.8 Å². The number of aromatic nitrogens is 2. The van der Waals surface area contributed by atoms with Gasteiger partial charge in [0.2, 0.25) is 0 Å². The summed E-state index contributed by atoms with van der Waals surface area (Å²) in [6.45, 7) is 9.02. The first-order valence-electron chi connectivity index (χ1n) is 7.85. The summed E-state index contributed by atoms with van der Waals surface area (Å²) in [5.74, 6) is 5.46. The first-order chi connectivity index (χ1) is 11.2. The fraction of sp³-hybridized carbons (Fsp3) is 0.368. The maximum absolute atomic E-state index is 12.5. The van der Waals surface area contributed by atoms with Crippen molar-refractivity contribution in [2.75, 3.05) is 0 Å². The third kappa shape index (κ3) is 4.46. The Hall–Kier alpha value is -2.58. The second-order valence-corrected chi connectivity index (χ2v) is 6.43. The minimum atomic E-state index is -1.07. The number of amides is 1. The number of H-pyrrole nitrogens is 1. The van der Waals surface area contributed by atoms with Crippen LogP contribution in [0.3, 0.4) is 0 Å². The highest BCUT2D eigenvalue weighted by atomic mass is 16.3. The van der Waals surface area contributed by atoms with Crippen LogP contribution in [0.1, 0.15) is 59.7 Å². The van der Waals surface area contributed by atoms with Crippen LogP contribution >= 0.6 is 0 Å². The molecule has 0 fully saturated rings. The normalized spacial score (nSPS) is 12.2. The van der Waals surface area contributed by atoms with E-state index in [9.17, 15) is 9.90 Å². The molecule has 0 bridgehead atoms. The third-order valence-corrected chi connectivity index (χ3v) is 3.60. The van der Waals surface area contributed by atoms with Gasteiger partial charge < -0.3 is 10.4 Å². The molecular formula is C19H23N3O2. The Balaban J connectivity index is 2.17. The van der Waals surface area contributed by atoms with E-state index in [1.165, 1.54) is 0 Å². The number of rotatable bonds is 3. The van der Waals surface area contributed by atoms with Gasteiger partial charge in [-0.05, 0) is 52.8 Å². The molecule has 1 aromatic carbocycles. The van der Waals surface area contributed by atoms with Crippen molar-refractivity contribution in [3.05, 3.63) is 52.3 Å². The number of nitrogens with one attached hydrogen (secondary N) is 2. The molecule has 0 radical (unpaired) electrons. The molecule has 126 valence electrons. The van der Waals surface area contributed by atoms with Gasteiger partial charge in [0, 0.05) is 22.4 Å². The van der Waals surface area contributed by atoms with Crippen LogP contribution in [0.25, 0.3) is 0 Å². The van der Waals surface area contributed by atoms with Gasteiger partial charge in [0.1, 0.15) is 5.60 Å². The molecule has 1 aromatic heterocycles. The highest BCUT2D eigenvalue weighted by molar-refractivity contribution is 5.94. The van der Waals surface area contributed by atoms with Crippen LogP contribution < -0.4 is 5.32 Å². The van der Waals surface area contributed by atoms with Gasteiger partial charge in [0.05, 0.1) is 11.7 Å². The second-order valence-electron chi connectivity index (χ2n) is 6.43. The molecular weight excluding hydrogens is 302 g/mol. The van der Waals surface area contributed by atoms with Crippen molar-refractivity contribution in [2.45, 2.75) is 46.3 Å². The van der Waals surface area contributed by atoms with E-state index in [0.717, 1.165) is 17.0 Å². The Labute approximate surface area is 142 Å². The Bertz CT molecular complexity index is 784. The molecule has 2 aromatic rings. The lowest BCUT2D eigenvalue weighted by molar-refractivity contribution is 0.0939. The fourth-order valence-corrected chi connectivity index (χ4v) is 2.51. The van der Waals surface area contributed by atoms with E-state index < -0.39 is 5.60 Å². The fourth-order valence-electron chi connectivity index (χ4n) is 2.51. The molecule has 0 spiro atoms. The Morgan fingerprint density at radius 3 is 2.67 bits per heavy atom. The molecule has 5 heteroatoms. The largest absolute Gasteiger partial charge is 0.378 e. The molecule has 0 aliphatic heterocycles. The topological polar surface area (TPSA) is 78.0 Å². The first kappa shape index (κ1) is 17.8. The van der Waals surface area contributed by atoms with Crippen LogP contribution in [0.4, 0.5) is 0 Å². The number of hydrogen-bond donors (Lipinski definition) is 3. The minimum absolute atomic E-state index is 0.151. The summed E-state index contributed by atoms with van der Waals surface area (Å²) < 4.78 is 0. The molecule has 1 atom stereocenters. The molecule has 0 unspecified atom stereocenters. The number of carbonyl (C=O) groups excluding carboxylic acids is 1. The lowest BCUT2D eigenvalue weighted by atomic mass is 10.0. The summed E-state index contributed by atoms with van der Waals surface area (Å²) >= 11 is 0. The van der Waals surface area contributed by atoms with E-state index in [0.29, 0.717) is 11.1 Å². The zero-order valence-corrected chi connectivity index (χ0v) is 14.7. The summed E-state index contributed by atoms with van der Waals surface area (Å²) in [7, 11) is 0. The van der Waals surface area contributed by atoms with E-state index in [-0.39, 0.29) is 11.9 Å². The number of aliphatic hydroxyl groups is 1. The summed E-state index contributed by atoms with van der Waals surface area (Å²) in [6.07, 6.45) is 0. The summed E-state index contributed by atoms with van der Waals surface area (Å²) in [5.41, 5.74) is 2.98. The predicted octanol–water partition coefficient (Wildman–Crippen LogP) is 2.64. The molecule has 0 saturated heterocycles. The highest BCUT2D eigenvalue weighted by Gasteiger charge is 2.17. The van der Waals surface area contributed by atoms with Crippen LogP contribution in [-0.4, -0.2) is 26.8 Å². The molecule has 3 N–H and O–H groups in total. The Kier molecular flexibility index (Phi) is 5.10. The highest BCUT2D eigenvalue weighted by Crippen LogP contribution is 2.19. The van der Waals surface area contributed by atoms with Crippen LogP contribution in [0.15, 0.2) is 24.3 Å². The van der Waals surface area contributed by atoms with Gasteiger partial charge in [-0.15, -0.1) is 0 Å². The standard InChI is InChI=1S/C19H23N3O2/c1-12(17-13(2)21-22-14(17)3)20-18(23)16-8-6-7-15(11-16)9-10-19(4,5)24/h6-8,11-12,24H,1-5H3,(H,20,23)(H,21,22)/t12-/m0/s1. The van der Waals surface area contributed by atoms with Crippen LogP contribution in [0.2, 0.25) is 0 Å². The summed E-state index contributed by atoms with van der Waals surface area (Å²) in [6, 6.07) is 6.90. The van der Waals surface area contributed by atoms with Crippen molar-refractivity contribution < 1.29 is 9.90 Å². The van der Waals surface area contributed by atoms with Crippen molar-refractivity contribution in [1.29, 1.82) is 0 Å². The maximum Gasteiger partial charge on any atom is 0.251 e. The lowest BCUT2D eigenvalue weighted by Gasteiger charge is -2.14. The monoisotopic (exact) mass is 325 g/mol.